The highest BCUT2D eigenvalue weighted by molar-refractivity contribution is 4.92. The van der Waals surface area contributed by atoms with E-state index < -0.39 is 0 Å². The van der Waals surface area contributed by atoms with Gasteiger partial charge in [0.1, 0.15) is 0 Å². The van der Waals surface area contributed by atoms with Gasteiger partial charge >= 0.3 is 0 Å². The van der Waals surface area contributed by atoms with Crippen LogP contribution in [-0.4, -0.2) is 30.6 Å². The van der Waals surface area contributed by atoms with Crippen LogP contribution in [0.2, 0.25) is 0 Å². The third-order valence-corrected chi connectivity index (χ3v) is 5.57. The minimum absolute atomic E-state index is 0.328. The third-order valence-electron chi connectivity index (χ3n) is 5.57. The number of hydrogen-bond acceptors (Lipinski definition) is 2. The van der Waals surface area contributed by atoms with Crippen molar-refractivity contribution in [2.75, 3.05) is 20.1 Å². The molecule has 2 saturated carbocycles. The van der Waals surface area contributed by atoms with Gasteiger partial charge in [0.25, 0.3) is 0 Å². The fourth-order valence-corrected chi connectivity index (χ4v) is 4.04. The molecule has 0 saturated heterocycles. The summed E-state index contributed by atoms with van der Waals surface area (Å²) in [6.07, 6.45) is 15.5. The van der Waals surface area contributed by atoms with Crippen LogP contribution in [0.25, 0.3) is 0 Å². The van der Waals surface area contributed by atoms with E-state index in [0.29, 0.717) is 5.54 Å². The van der Waals surface area contributed by atoms with Crippen molar-refractivity contribution >= 4 is 0 Å². The summed E-state index contributed by atoms with van der Waals surface area (Å²) in [5.74, 6) is 1.01. The van der Waals surface area contributed by atoms with Crippen LogP contribution in [0.3, 0.4) is 0 Å². The molecule has 2 aliphatic carbocycles. The molecule has 0 spiro atoms. The lowest BCUT2D eigenvalue weighted by Crippen LogP contribution is -2.52. The average molecular weight is 252 g/mol. The standard InChI is InChI=1S/C16H32N2/c1-18(13-10-15-8-4-5-9-15)16(14-17)11-6-2-3-7-12-16/h15H,2-14,17H2,1H3. The van der Waals surface area contributed by atoms with Crippen LogP contribution in [0.15, 0.2) is 0 Å². The predicted molar refractivity (Wildman–Crippen MR) is 78.7 cm³/mol. The van der Waals surface area contributed by atoms with Crippen LogP contribution in [0, 0.1) is 5.92 Å². The van der Waals surface area contributed by atoms with Crippen molar-refractivity contribution in [2.45, 2.75) is 76.2 Å². The Morgan fingerprint density at radius 1 is 1.00 bits per heavy atom. The highest BCUT2D eigenvalue weighted by atomic mass is 15.2. The SMILES string of the molecule is CN(CCC1CCCC1)C1(CN)CCCCCC1. The molecule has 0 atom stereocenters. The molecule has 0 heterocycles. The van der Waals surface area contributed by atoms with Gasteiger partial charge in [0.15, 0.2) is 0 Å². The Labute approximate surface area is 113 Å². The Morgan fingerprint density at radius 3 is 2.17 bits per heavy atom. The van der Waals surface area contributed by atoms with Gasteiger partial charge in [-0.25, -0.2) is 0 Å². The molecule has 0 aliphatic heterocycles. The number of rotatable bonds is 5. The summed E-state index contributed by atoms with van der Waals surface area (Å²) in [7, 11) is 2.33. The van der Waals surface area contributed by atoms with Gasteiger partial charge in [-0.2, -0.15) is 0 Å². The van der Waals surface area contributed by atoms with E-state index in [1.54, 1.807) is 0 Å². The minimum Gasteiger partial charge on any atom is -0.329 e. The molecule has 0 aromatic rings. The molecule has 0 aromatic heterocycles. The Hall–Kier alpha value is -0.0800. The Kier molecular flexibility index (Phi) is 5.50. The lowest BCUT2D eigenvalue weighted by molar-refractivity contribution is 0.100. The summed E-state index contributed by atoms with van der Waals surface area (Å²) in [6, 6.07) is 0. The summed E-state index contributed by atoms with van der Waals surface area (Å²) in [4.78, 5) is 2.62. The second-order valence-electron chi connectivity index (χ2n) is 6.70. The van der Waals surface area contributed by atoms with Crippen molar-refractivity contribution in [3.05, 3.63) is 0 Å². The molecule has 2 N–H and O–H groups in total. The maximum absolute atomic E-state index is 6.15. The molecular formula is C16H32N2. The molecular weight excluding hydrogens is 220 g/mol. The second kappa shape index (κ2) is 6.91. The first-order valence-corrected chi connectivity index (χ1v) is 8.18. The van der Waals surface area contributed by atoms with Crippen molar-refractivity contribution in [1.82, 2.24) is 4.90 Å². The van der Waals surface area contributed by atoms with E-state index in [4.69, 9.17) is 5.73 Å². The molecule has 0 radical (unpaired) electrons. The topological polar surface area (TPSA) is 29.3 Å². The molecule has 2 nitrogen and oxygen atoms in total. The Bertz CT molecular complexity index is 225. The van der Waals surface area contributed by atoms with E-state index in [1.165, 1.54) is 77.2 Å². The van der Waals surface area contributed by atoms with Gasteiger partial charge in [-0.15, -0.1) is 0 Å². The zero-order chi connectivity index (χ0) is 12.8. The maximum atomic E-state index is 6.15. The Morgan fingerprint density at radius 2 is 1.61 bits per heavy atom. The molecule has 2 fully saturated rings. The third kappa shape index (κ3) is 3.48. The summed E-state index contributed by atoms with van der Waals surface area (Å²) in [5, 5.41) is 0. The van der Waals surface area contributed by atoms with Crippen LogP contribution in [0.5, 0.6) is 0 Å². The number of nitrogens with two attached hydrogens (primary N) is 1. The van der Waals surface area contributed by atoms with Gasteiger partial charge in [0, 0.05) is 12.1 Å². The van der Waals surface area contributed by atoms with E-state index in [2.05, 4.69) is 11.9 Å². The summed E-state index contributed by atoms with van der Waals surface area (Å²) >= 11 is 0. The molecule has 2 aliphatic rings. The van der Waals surface area contributed by atoms with Crippen molar-refractivity contribution < 1.29 is 0 Å². The van der Waals surface area contributed by atoms with Gasteiger partial charge in [-0.1, -0.05) is 51.4 Å². The van der Waals surface area contributed by atoms with Crippen LogP contribution in [-0.2, 0) is 0 Å². The molecule has 106 valence electrons. The quantitative estimate of drug-likeness (QED) is 0.758. The van der Waals surface area contributed by atoms with Crippen molar-refractivity contribution in [2.24, 2.45) is 11.7 Å². The zero-order valence-electron chi connectivity index (χ0n) is 12.3. The van der Waals surface area contributed by atoms with E-state index in [1.807, 2.05) is 0 Å². The van der Waals surface area contributed by atoms with E-state index in [0.717, 1.165) is 12.5 Å². The van der Waals surface area contributed by atoms with Crippen LogP contribution in [0.1, 0.15) is 70.6 Å². The minimum atomic E-state index is 0.328. The van der Waals surface area contributed by atoms with Crippen LogP contribution in [0.4, 0.5) is 0 Å². The molecule has 2 heteroatoms. The normalized spacial score (nSPS) is 25.5. The smallest absolute Gasteiger partial charge is 0.0328 e. The molecule has 0 aromatic carbocycles. The fourth-order valence-electron chi connectivity index (χ4n) is 4.04. The zero-order valence-corrected chi connectivity index (χ0v) is 12.3. The molecule has 0 unspecified atom stereocenters. The van der Waals surface area contributed by atoms with E-state index in [9.17, 15) is 0 Å². The van der Waals surface area contributed by atoms with E-state index >= 15 is 0 Å². The molecule has 0 bridgehead atoms. The predicted octanol–water partition coefficient (Wildman–Crippen LogP) is 3.55. The van der Waals surface area contributed by atoms with Crippen LogP contribution >= 0.6 is 0 Å². The summed E-state index contributed by atoms with van der Waals surface area (Å²) in [6.45, 7) is 2.12. The summed E-state index contributed by atoms with van der Waals surface area (Å²) < 4.78 is 0. The number of likely N-dealkylation sites (N-methyl/N-ethyl adjacent to an activating group) is 1. The first-order chi connectivity index (χ1) is 8.77. The van der Waals surface area contributed by atoms with Crippen molar-refractivity contribution in [3.8, 4) is 0 Å². The highest BCUT2D eigenvalue weighted by Crippen LogP contribution is 2.33. The first-order valence-electron chi connectivity index (χ1n) is 8.18. The monoisotopic (exact) mass is 252 g/mol. The molecule has 0 amide bonds. The fraction of sp³-hybridized carbons (Fsp3) is 1.00. The molecule has 2 rings (SSSR count). The lowest BCUT2D eigenvalue weighted by atomic mass is 9.88. The van der Waals surface area contributed by atoms with Gasteiger partial charge in [0.05, 0.1) is 0 Å². The van der Waals surface area contributed by atoms with E-state index in [-0.39, 0.29) is 0 Å². The van der Waals surface area contributed by atoms with Crippen molar-refractivity contribution in [3.63, 3.8) is 0 Å². The van der Waals surface area contributed by atoms with Gasteiger partial charge in [0.2, 0.25) is 0 Å². The second-order valence-corrected chi connectivity index (χ2v) is 6.70. The maximum Gasteiger partial charge on any atom is 0.0328 e. The molecule has 18 heavy (non-hydrogen) atoms. The van der Waals surface area contributed by atoms with Gasteiger partial charge in [-0.05, 0) is 38.8 Å². The first kappa shape index (κ1) is 14.3. The van der Waals surface area contributed by atoms with Crippen LogP contribution < -0.4 is 5.73 Å². The largest absolute Gasteiger partial charge is 0.329 e. The Balaban J connectivity index is 1.84. The lowest BCUT2D eigenvalue weighted by Gasteiger charge is -2.41. The number of hydrogen-bond donors (Lipinski definition) is 1. The average Bonchev–Trinajstić information content (AvgIpc) is 2.79. The summed E-state index contributed by atoms with van der Waals surface area (Å²) in [5.41, 5.74) is 6.48. The number of nitrogens with zero attached hydrogens (tertiary/aromatic N) is 1. The van der Waals surface area contributed by atoms with Crippen molar-refractivity contribution in [1.29, 1.82) is 0 Å². The van der Waals surface area contributed by atoms with Gasteiger partial charge < -0.3 is 5.73 Å². The highest BCUT2D eigenvalue weighted by Gasteiger charge is 2.33. The van der Waals surface area contributed by atoms with Gasteiger partial charge in [-0.3, -0.25) is 4.90 Å².